The van der Waals surface area contributed by atoms with Gasteiger partial charge in [-0.05, 0) is 93.5 Å². The lowest BCUT2D eigenvalue weighted by atomic mass is 9.91. The number of amides is 2. The number of halogens is 1. The summed E-state index contributed by atoms with van der Waals surface area (Å²) in [4.78, 5) is 36.6. The first-order valence-electron chi connectivity index (χ1n) is 16.3. The molecular formula is C36H40FN5O5S. The lowest BCUT2D eigenvalue weighted by Crippen LogP contribution is -2.44. The summed E-state index contributed by atoms with van der Waals surface area (Å²) in [6.07, 6.45) is 3.96. The van der Waals surface area contributed by atoms with Gasteiger partial charge in [-0.3, -0.25) is 14.5 Å². The molecule has 2 fully saturated rings. The lowest BCUT2D eigenvalue weighted by Gasteiger charge is -2.35. The van der Waals surface area contributed by atoms with Gasteiger partial charge in [0.1, 0.15) is 28.6 Å². The number of thiazole rings is 1. The summed E-state index contributed by atoms with van der Waals surface area (Å²) in [5, 5.41) is 18.9. The SMILES string of the molecule is Cc1nc(C(=O)NC2CCC(NC(=O)c3cc(F)cnc3Oc3cccc(-c4ccc(O)cc4CN4C[C@@H](C)O[C@@H](C)C4)c3)CC2)cs1. The van der Waals surface area contributed by atoms with Crippen molar-refractivity contribution in [2.75, 3.05) is 13.1 Å². The molecule has 0 unspecified atom stereocenters. The van der Waals surface area contributed by atoms with Crippen LogP contribution in [0, 0.1) is 12.7 Å². The van der Waals surface area contributed by atoms with Crippen LogP contribution < -0.4 is 15.4 Å². The van der Waals surface area contributed by atoms with Gasteiger partial charge in [-0.25, -0.2) is 14.4 Å². The molecule has 3 heterocycles. The lowest BCUT2D eigenvalue weighted by molar-refractivity contribution is -0.0704. The molecular weight excluding hydrogens is 633 g/mol. The topological polar surface area (TPSA) is 126 Å². The van der Waals surface area contributed by atoms with Crippen molar-refractivity contribution in [2.24, 2.45) is 0 Å². The predicted octanol–water partition coefficient (Wildman–Crippen LogP) is 6.23. The van der Waals surface area contributed by atoms with Crippen molar-refractivity contribution in [2.45, 2.75) is 77.3 Å². The Bertz CT molecular complexity index is 1770. The van der Waals surface area contributed by atoms with Crippen LogP contribution in [0.1, 0.15) is 70.9 Å². The fraction of sp³-hybridized carbons (Fsp3) is 0.389. The fourth-order valence-electron chi connectivity index (χ4n) is 6.53. The number of phenolic OH excluding ortho intramolecular Hbond substituents is 1. The molecule has 1 aliphatic carbocycles. The molecule has 3 N–H and O–H groups in total. The maximum absolute atomic E-state index is 14.4. The largest absolute Gasteiger partial charge is 0.508 e. The Morgan fingerprint density at radius 3 is 2.42 bits per heavy atom. The van der Waals surface area contributed by atoms with Crippen molar-refractivity contribution in [3.63, 3.8) is 0 Å². The first-order valence-corrected chi connectivity index (χ1v) is 17.1. The maximum atomic E-state index is 14.4. The molecule has 252 valence electrons. The second-order valence-corrected chi connectivity index (χ2v) is 13.7. The van der Waals surface area contributed by atoms with Crippen molar-refractivity contribution in [1.29, 1.82) is 0 Å². The van der Waals surface area contributed by atoms with Gasteiger partial charge < -0.3 is 25.2 Å². The van der Waals surface area contributed by atoms with E-state index in [0.717, 1.165) is 47.1 Å². The molecule has 12 heteroatoms. The number of aryl methyl sites for hydroxylation is 1. The highest BCUT2D eigenvalue weighted by molar-refractivity contribution is 7.09. The van der Waals surface area contributed by atoms with Gasteiger partial charge in [0.2, 0.25) is 5.88 Å². The minimum absolute atomic E-state index is 0.00406. The summed E-state index contributed by atoms with van der Waals surface area (Å²) in [6, 6.07) is 13.7. The highest BCUT2D eigenvalue weighted by atomic mass is 32.1. The Balaban J connectivity index is 1.12. The number of pyridine rings is 1. The molecule has 2 aromatic heterocycles. The molecule has 0 spiro atoms. The number of benzene rings is 2. The summed E-state index contributed by atoms with van der Waals surface area (Å²) < 4.78 is 26.4. The average Bonchev–Trinajstić information content (AvgIpc) is 3.49. The third-order valence-electron chi connectivity index (χ3n) is 8.65. The number of carbonyl (C=O) groups is 2. The van der Waals surface area contributed by atoms with Crippen LogP contribution >= 0.6 is 11.3 Å². The minimum atomic E-state index is -0.648. The molecule has 0 bridgehead atoms. The van der Waals surface area contributed by atoms with Gasteiger partial charge in [0.25, 0.3) is 11.8 Å². The van der Waals surface area contributed by atoms with Crippen molar-refractivity contribution >= 4 is 23.2 Å². The van der Waals surface area contributed by atoms with Gasteiger partial charge in [-0.1, -0.05) is 18.2 Å². The molecule has 10 nitrogen and oxygen atoms in total. The molecule has 4 aromatic rings. The second-order valence-electron chi connectivity index (χ2n) is 12.7. The Morgan fingerprint density at radius 2 is 1.73 bits per heavy atom. The van der Waals surface area contributed by atoms with E-state index in [4.69, 9.17) is 9.47 Å². The molecule has 2 amide bonds. The van der Waals surface area contributed by atoms with E-state index in [1.54, 1.807) is 23.6 Å². The molecule has 2 aromatic carbocycles. The van der Waals surface area contributed by atoms with E-state index in [0.29, 0.717) is 43.7 Å². The van der Waals surface area contributed by atoms with Crippen LogP contribution in [0.3, 0.4) is 0 Å². The van der Waals surface area contributed by atoms with E-state index >= 15 is 0 Å². The van der Waals surface area contributed by atoms with Crippen LogP contribution in [0.5, 0.6) is 17.4 Å². The number of hydrogen-bond donors (Lipinski definition) is 3. The summed E-state index contributed by atoms with van der Waals surface area (Å²) in [7, 11) is 0. The number of hydrogen-bond acceptors (Lipinski definition) is 9. The highest BCUT2D eigenvalue weighted by Gasteiger charge is 2.27. The molecule has 1 saturated carbocycles. The molecule has 2 aliphatic rings. The maximum Gasteiger partial charge on any atom is 0.270 e. The van der Waals surface area contributed by atoms with Crippen molar-refractivity contribution in [3.8, 4) is 28.5 Å². The summed E-state index contributed by atoms with van der Waals surface area (Å²) in [6.45, 7) is 8.19. The van der Waals surface area contributed by atoms with E-state index in [9.17, 15) is 19.1 Å². The zero-order valence-electron chi connectivity index (χ0n) is 27.2. The number of rotatable bonds is 9. The molecule has 2 atom stereocenters. The second kappa shape index (κ2) is 14.8. The third kappa shape index (κ3) is 8.36. The van der Waals surface area contributed by atoms with Gasteiger partial charge >= 0.3 is 0 Å². The molecule has 6 rings (SSSR count). The first kappa shape index (κ1) is 33.5. The van der Waals surface area contributed by atoms with Crippen LogP contribution in [0.25, 0.3) is 11.1 Å². The normalized spacial score (nSPS) is 21.4. The van der Waals surface area contributed by atoms with Crippen LogP contribution in [0.15, 0.2) is 60.1 Å². The highest BCUT2D eigenvalue weighted by Crippen LogP contribution is 2.33. The summed E-state index contributed by atoms with van der Waals surface area (Å²) in [5.41, 5.74) is 3.17. The van der Waals surface area contributed by atoms with Crippen LogP contribution in [-0.4, -0.2) is 69.2 Å². The summed E-state index contributed by atoms with van der Waals surface area (Å²) in [5.74, 6) is -0.705. The first-order chi connectivity index (χ1) is 23.1. The zero-order chi connectivity index (χ0) is 33.8. The number of morpholine rings is 1. The van der Waals surface area contributed by atoms with Gasteiger partial charge in [0, 0.05) is 37.1 Å². The van der Waals surface area contributed by atoms with E-state index in [-0.39, 0.29) is 47.4 Å². The number of nitrogens with one attached hydrogen (secondary N) is 2. The number of aromatic hydroxyl groups is 1. The Morgan fingerprint density at radius 1 is 1.02 bits per heavy atom. The standard InChI is InChI=1S/C36H40FN5O5S/c1-21-17-42(18-22(2)46-21)19-25-13-29(43)11-12-31(25)24-5-4-6-30(14-24)47-36-32(15-26(37)16-38-36)34(44)40-27-7-9-28(10-8-27)41-35(45)33-20-48-23(3)39-33/h4-6,11-16,20-22,27-28,43H,7-10,17-19H2,1-3H3,(H,40,44)(H,41,45)/t21-,22+,27?,28?. The zero-order valence-corrected chi connectivity index (χ0v) is 28.1. The van der Waals surface area contributed by atoms with E-state index in [2.05, 4.69) is 39.3 Å². The molecule has 48 heavy (non-hydrogen) atoms. The smallest absolute Gasteiger partial charge is 0.270 e. The van der Waals surface area contributed by atoms with E-state index in [1.165, 1.54) is 11.3 Å². The number of carbonyl (C=O) groups excluding carboxylic acids is 2. The Kier molecular flexibility index (Phi) is 10.3. The Labute approximate surface area is 283 Å². The van der Waals surface area contributed by atoms with Gasteiger partial charge in [-0.2, -0.15) is 0 Å². The molecule has 0 radical (unpaired) electrons. The van der Waals surface area contributed by atoms with E-state index < -0.39 is 11.7 Å². The molecule has 1 aliphatic heterocycles. The van der Waals surface area contributed by atoms with Crippen LogP contribution in [-0.2, 0) is 11.3 Å². The van der Waals surface area contributed by atoms with Crippen molar-refractivity contribution in [1.82, 2.24) is 25.5 Å². The predicted molar refractivity (Wildman–Crippen MR) is 181 cm³/mol. The quantitative estimate of drug-likeness (QED) is 0.191. The number of ether oxygens (including phenoxy) is 2. The fourth-order valence-corrected chi connectivity index (χ4v) is 7.12. The average molecular weight is 674 g/mol. The number of aromatic nitrogens is 2. The van der Waals surface area contributed by atoms with Gasteiger partial charge in [0.05, 0.1) is 23.4 Å². The van der Waals surface area contributed by atoms with Crippen molar-refractivity contribution < 1.29 is 28.6 Å². The van der Waals surface area contributed by atoms with Crippen molar-refractivity contribution in [3.05, 3.63) is 87.8 Å². The minimum Gasteiger partial charge on any atom is -0.508 e. The van der Waals surface area contributed by atoms with Crippen LogP contribution in [0.4, 0.5) is 4.39 Å². The van der Waals surface area contributed by atoms with E-state index in [1.807, 2.05) is 31.2 Å². The third-order valence-corrected chi connectivity index (χ3v) is 9.42. The monoisotopic (exact) mass is 673 g/mol. The van der Waals surface area contributed by atoms with Gasteiger partial charge in [0.15, 0.2) is 0 Å². The summed E-state index contributed by atoms with van der Waals surface area (Å²) >= 11 is 1.43. The van der Waals surface area contributed by atoms with Gasteiger partial charge in [-0.15, -0.1) is 11.3 Å². The number of nitrogens with zero attached hydrogens (tertiary/aromatic N) is 3. The molecule has 1 saturated heterocycles. The Hall–Kier alpha value is -4.39. The number of phenols is 1. The van der Waals surface area contributed by atoms with Crippen LogP contribution in [0.2, 0.25) is 0 Å².